The average Bonchev–Trinajstić information content (AvgIpc) is 2.75. The molecule has 2 heterocycles. The molecule has 0 radical (unpaired) electrons. The molecule has 1 aromatic heterocycles. The summed E-state index contributed by atoms with van der Waals surface area (Å²) < 4.78 is 15.9. The molecule has 17 heavy (non-hydrogen) atoms. The summed E-state index contributed by atoms with van der Waals surface area (Å²) in [5.41, 5.74) is 1.36. The monoisotopic (exact) mass is 230 g/mol. The molecule has 0 aliphatic carbocycles. The van der Waals surface area contributed by atoms with E-state index in [2.05, 4.69) is 16.5 Å². The van der Waals surface area contributed by atoms with Gasteiger partial charge in [0, 0.05) is 24.2 Å². The van der Waals surface area contributed by atoms with Gasteiger partial charge in [0.25, 0.3) is 0 Å². The largest absolute Gasteiger partial charge is 0.334 e. The fraction of sp³-hybridized carbons (Fsp3) is 0.357. The molecule has 0 bridgehead atoms. The second kappa shape index (κ2) is 3.99. The van der Waals surface area contributed by atoms with Crippen molar-refractivity contribution in [3.05, 3.63) is 42.1 Å². The van der Waals surface area contributed by atoms with Gasteiger partial charge in [-0.2, -0.15) is 0 Å². The summed E-state index contributed by atoms with van der Waals surface area (Å²) >= 11 is 0. The van der Waals surface area contributed by atoms with Gasteiger partial charge < -0.3 is 4.57 Å². The van der Waals surface area contributed by atoms with Gasteiger partial charge in [-0.05, 0) is 25.0 Å². The molecule has 2 aromatic rings. The first-order chi connectivity index (χ1) is 8.25. The molecule has 0 spiro atoms. The number of aromatic nitrogens is 2. The van der Waals surface area contributed by atoms with Crippen LogP contribution in [0.15, 0.2) is 30.5 Å². The lowest BCUT2D eigenvalue weighted by atomic mass is 10.0. The van der Waals surface area contributed by atoms with Gasteiger partial charge in [0.15, 0.2) is 0 Å². The molecule has 1 aliphatic rings. The molecule has 88 valence electrons. The summed E-state index contributed by atoms with van der Waals surface area (Å²) in [5, 5.41) is 0. The van der Waals surface area contributed by atoms with Crippen molar-refractivity contribution in [2.75, 3.05) is 0 Å². The van der Waals surface area contributed by atoms with Crippen molar-refractivity contribution in [1.29, 1.82) is 0 Å². The van der Waals surface area contributed by atoms with Crippen LogP contribution in [-0.4, -0.2) is 9.55 Å². The maximum absolute atomic E-state index is 13.7. The summed E-state index contributed by atoms with van der Waals surface area (Å²) in [6.45, 7) is 3.18. The van der Waals surface area contributed by atoms with Crippen LogP contribution >= 0.6 is 0 Å². The molecule has 1 aromatic carbocycles. The summed E-state index contributed by atoms with van der Waals surface area (Å²) in [5.74, 6) is 1.37. The summed E-state index contributed by atoms with van der Waals surface area (Å²) in [7, 11) is 0. The van der Waals surface area contributed by atoms with Crippen LogP contribution in [0, 0.1) is 5.82 Å². The van der Waals surface area contributed by atoms with Crippen LogP contribution < -0.4 is 0 Å². The van der Waals surface area contributed by atoms with Crippen molar-refractivity contribution in [2.24, 2.45) is 0 Å². The van der Waals surface area contributed by atoms with E-state index >= 15 is 0 Å². The van der Waals surface area contributed by atoms with E-state index in [-0.39, 0.29) is 5.82 Å². The van der Waals surface area contributed by atoms with E-state index in [9.17, 15) is 4.39 Å². The summed E-state index contributed by atoms with van der Waals surface area (Å²) in [6.07, 6.45) is 4.33. The molecule has 0 N–H and O–H groups in total. The van der Waals surface area contributed by atoms with Crippen LogP contribution in [-0.2, 0) is 6.54 Å². The van der Waals surface area contributed by atoms with Gasteiger partial charge >= 0.3 is 0 Å². The Kier molecular flexibility index (Phi) is 2.46. The minimum absolute atomic E-state index is 0.199. The Balaban J connectivity index is 2.08. The zero-order valence-electron chi connectivity index (χ0n) is 9.86. The zero-order chi connectivity index (χ0) is 11.8. The smallest absolute Gasteiger partial charge is 0.132 e. The second-order valence-corrected chi connectivity index (χ2v) is 4.70. The average molecular weight is 230 g/mol. The molecule has 1 aliphatic heterocycles. The van der Waals surface area contributed by atoms with Gasteiger partial charge in [-0.25, -0.2) is 9.37 Å². The van der Waals surface area contributed by atoms with E-state index in [1.807, 2.05) is 12.3 Å². The van der Waals surface area contributed by atoms with Crippen LogP contribution in [0.4, 0.5) is 4.39 Å². The van der Waals surface area contributed by atoms with Crippen LogP contribution in [0.1, 0.15) is 31.5 Å². The number of hydrogen-bond acceptors (Lipinski definition) is 1. The van der Waals surface area contributed by atoms with Crippen molar-refractivity contribution in [2.45, 2.75) is 32.2 Å². The third kappa shape index (κ3) is 1.75. The fourth-order valence-corrected chi connectivity index (χ4v) is 2.50. The molecular weight excluding hydrogens is 215 g/mol. The highest BCUT2D eigenvalue weighted by atomic mass is 19.1. The fourth-order valence-electron chi connectivity index (χ4n) is 2.50. The molecule has 0 saturated heterocycles. The normalized spacial score (nSPS) is 19.1. The van der Waals surface area contributed by atoms with Gasteiger partial charge in [0.1, 0.15) is 11.6 Å². The van der Waals surface area contributed by atoms with Crippen molar-refractivity contribution in [3.8, 4) is 11.3 Å². The number of benzene rings is 1. The first-order valence-electron chi connectivity index (χ1n) is 6.07. The zero-order valence-corrected chi connectivity index (χ0v) is 9.86. The Morgan fingerprint density at radius 3 is 2.94 bits per heavy atom. The first kappa shape index (κ1) is 10.5. The minimum Gasteiger partial charge on any atom is -0.334 e. The van der Waals surface area contributed by atoms with Crippen LogP contribution in [0.5, 0.6) is 0 Å². The SMILES string of the molecule is C[C@H]1CCCn2cc(-c3ccccc3F)nc21. The van der Waals surface area contributed by atoms with Crippen molar-refractivity contribution < 1.29 is 4.39 Å². The van der Waals surface area contributed by atoms with E-state index in [1.54, 1.807) is 12.1 Å². The van der Waals surface area contributed by atoms with Crippen molar-refractivity contribution in [3.63, 3.8) is 0 Å². The number of nitrogens with zero attached hydrogens (tertiary/aromatic N) is 2. The predicted molar refractivity (Wildman–Crippen MR) is 65.3 cm³/mol. The Morgan fingerprint density at radius 2 is 2.18 bits per heavy atom. The molecule has 0 fully saturated rings. The standard InChI is InChI=1S/C14H15FN2/c1-10-5-4-8-17-9-13(16-14(10)17)11-6-2-3-7-12(11)15/h2-3,6-7,9-10H,4-5,8H2,1H3/t10-/m0/s1. The van der Waals surface area contributed by atoms with Crippen LogP contribution in [0.25, 0.3) is 11.3 Å². The molecule has 0 saturated carbocycles. The quantitative estimate of drug-likeness (QED) is 0.732. The topological polar surface area (TPSA) is 17.8 Å². The lowest BCUT2D eigenvalue weighted by Gasteiger charge is -2.19. The first-order valence-corrected chi connectivity index (χ1v) is 6.07. The van der Waals surface area contributed by atoms with Gasteiger partial charge in [-0.1, -0.05) is 19.1 Å². The number of aryl methyl sites for hydroxylation is 1. The summed E-state index contributed by atoms with van der Waals surface area (Å²) in [6, 6.07) is 6.82. The highest BCUT2D eigenvalue weighted by Gasteiger charge is 2.20. The van der Waals surface area contributed by atoms with Gasteiger partial charge in [0.2, 0.25) is 0 Å². The van der Waals surface area contributed by atoms with Crippen molar-refractivity contribution >= 4 is 0 Å². The van der Waals surface area contributed by atoms with Crippen LogP contribution in [0.3, 0.4) is 0 Å². The molecule has 0 amide bonds. The van der Waals surface area contributed by atoms with Gasteiger partial charge in [-0.15, -0.1) is 0 Å². The molecule has 3 heteroatoms. The molecule has 1 atom stereocenters. The van der Waals surface area contributed by atoms with Crippen LogP contribution in [0.2, 0.25) is 0 Å². The molecule has 0 unspecified atom stereocenters. The lowest BCUT2D eigenvalue weighted by Crippen LogP contribution is -2.12. The third-order valence-corrected chi connectivity index (χ3v) is 3.43. The molecule has 2 nitrogen and oxygen atoms in total. The van der Waals surface area contributed by atoms with Crippen molar-refractivity contribution in [1.82, 2.24) is 9.55 Å². The molecular formula is C14H15FN2. The Bertz CT molecular complexity index is 545. The molecule has 3 rings (SSSR count). The second-order valence-electron chi connectivity index (χ2n) is 4.70. The van der Waals surface area contributed by atoms with Gasteiger partial charge in [-0.3, -0.25) is 0 Å². The Labute approximate surface area is 100 Å². The number of fused-ring (bicyclic) bond motifs is 1. The predicted octanol–water partition coefficient (Wildman–Crippen LogP) is 3.59. The van der Waals surface area contributed by atoms with E-state index in [1.165, 1.54) is 18.9 Å². The maximum Gasteiger partial charge on any atom is 0.132 e. The third-order valence-electron chi connectivity index (χ3n) is 3.43. The summed E-state index contributed by atoms with van der Waals surface area (Å²) in [4.78, 5) is 4.59. The number of imidazole rings is 1. The minimum atomic E-state index is -0.199. The lowest BCUT2D eigenvalue weighted by molar-refractivity contribution is 0.463. The Morgan fingerprint density at radius 1 is 1.35 bits per heavy atom. The Hall–Kier alpha value is -1.64. The number of rotatable bonds is 1. The number of hydrogen-bond donors (Lipinski definition) is 0. The highest BCUT2D eigenvalue weighted by molar-refractivity contribution is 5.59. The van der Waals surface area contributed by atoms with E-state index < -0.39 is 0 Å². The number of halogens is 1. The van der Waals surface area contributed by atoms with E-state index in [0.29, 0.717) is 11.5 Å². The van der Waals surface area contributed by atoms with E-state index in [0.717, 1.165) is 18.1 Å². The van der Waals surface area contributed by atoms with Gasteiger partial charge in [0.05, 0.1) is 5.69 Å². The maximum atomic E-state index is 13.7. The van der Waals surface area contributed by atoms with E-state index in [4.69, 9.17) is 0 Å². The highest BCUT2D eigenvalue weighted by Crippen LogP contribution is 2.30.